The van der Waals surface area contributed by atoms with Gasteiger partial charge in [-0.3, -0.25) is 14.9 Å². The number of pyridine rings is 1. The first-order chi connectivity index (χ1) is 15.7. The quantitative estimate of drug-likeness (QED) is 0.580. The van der Waals surface area contributed by atoms with E-state index in [-0.39, 0.29) is 17.9 Å². The Hall–Kier alpha value is -3.71. The molecule has 33 heavy (non-hydrogen) atoms. The van der Waals surface area contributed by atoms with E-state index in [4.69, 9.17) is 4.42 Å². The zero-order chi connectivity index (χ0) is 23.6. The second kappa shape index (κ2) is 9.03. The fourth-order valence-corrected chi connectivity index (χ4v) is 3.81. The van der Waals surface area contributed by atoms with Crippen LogP contribution in [0.25, 0.3) is 6.08 Å². The molecule has 7 heteroatoms. The van der Waals surface area contributed by atoms with Crippen LogP contribution in [-0.4, -0.2) is 34.3 Å². The predicted octanol–water partition coefficient (Wildman–Crippen LogP) is 4.06. The summed E-state index contributed by atoms with van der Waals surface area (Å²) >= 11 is 0. The van der Waals surface area contributed by atoms with Crippen LogP contribution in [0.4, 0.5) is 5.82 Å². The van der Waals surface area contributed by atoms with E-state index in [1.165, 1.54) is 6.08 Å². The first-order valence-electron chi connectivity index (χ1n) is 10.8. The maximum Gasteiger partial charge on any atom is 0.247 e. The molecule has 0 bridgehead atoms. The number of hydrogen-bond acceptors (Lipinski definition) is 5. The van der Waals surface area contributed by atoms with Crippen molar-refractivity contribution in [3.63, 3.8) is 0 Å². The van der Waals surface area contributed by atoms with E-state index in [0.717, 1.165) is 22.3 Å². The summed E-state index contributed by atoms with van der Waals surface area (Å²) < 4.78 is 5.65. The van der Waals surface area contributed by atoms with E-state index in [1.807, 2.05) is 57.2 Å². The molecule has 0 spiro atoms. The second-order valence-electron chi connectivity index (χ2n) is 8.82. The summed E-state index contributed by atoms with van der Waals surface area (Å²) in [5.74, 6) is 0.936. The van der Waals surface area contributed by atoms with Crippen LogP contribution in [0.3, 0.4) is 0 Å². The van der Waals surface area contributed by atoms with E-state index in [1.54, 1.807) is 30.5 Å². The topological polar surface area (TPSA) is 87.5 Å². The number of rotatable bonds is 5. The minimum atomic E-state index is -0.688. The molecule has 1 unspecified atom stereocenters. The van der Waals surface area contributed by atoms with Gasteiger partial charge < -0.3 is 14.6 Å². The Labute approximate surface area is 193 Å². The van der Waals surface area contributed by atoms with Gasteiger partial charge in [0.15, 0.2) is 0 Å². The fourth-order valence-electron chi connectivity index (χ4n) is 3.81. The lowest BCUT2D eigenvalue weighted by Crippen LogP contribution is -2.47. The monoisotopic (exact) mass is 444 g/mol. The number of carbonyl (C=O) groups is 2. The van der Waals surface area contributed by atoms with Crippen LogP contribution in [0.15, 0.2) is 65.4 Å². The summed E-state index contributed by atoms with van der Waals surface area (Å²) in [6.45, 7) is 6.17. The number of aromatic nitrogens is 1. The summed E-state index contributed by atoms with van der Waals surface area (Å²) in [5, 5.41) is 6.08. The van der Waals surface area contributed by atoms with E-state index in [0.29, 0.717) is 18.1 Å². The summed E-state index contributed by atoms with van der Waals surface area (Å²) in [5.41, 5.74) is 3.04. The lowest BCUT2D eigenvalue weighted by atomic mass is 10.0. The Balaban J connectivity index is 1.55. The number of hydrogen-bond donors (Lipinski definition) is 2. The Bertz CT molecular complexity index is 1200. The molecule has 0 saturated carbocycles. The highest BCUT2D eigenvalue weighted by molar-refractivity contribution is 5.98. The molecule has 0 radical (unpaired) electrons. The second-order valence-corrected chi connectivity index (χ2v) is 8.82. The highest BCUT2D eigenvalue weighted by atomic mass is 16.3. The third-order valence-electron chi connectivity index (χ3n) is 5.83. The summed E-state index contributed by atoms with van der Waals surface area (Å²) in [7, 11) is 1.76. The van der Waals surface area contributed by atoms with Gasteiger partial charge in [0.1, 0.15) is 17.6 Å². The number of benzene rings is 1. The maximum atomic E-state index is 13.1. The zero-order valence-corrected chi connectivity index (χ0v) is 19.3. The number of aryl methyl sites for hydroxylation is 1. The van der Waals surface area contributed by atoms with Crippen molar-refractivity contribution < 1.29 is 14.0 Å². The zero-order valence-electron chi connectivity index (χ0n) is 19.3. The number of furan rings is 1. The average molecular weight is 445 g/mol. The molecule has 1 atom stereocenters. The molecule has 4 rings (SSSR count). The number of likely N-dealkylation sites (N-methyl/N-ethyl adjacent to an activating group) is 1. The average Bonchev–Trinajstić information content (AvgIpc) is 3.28. The van der Waals surface area contributed by atoms with Crippen molar-refractivity contribution in [2.24, 2.45) is 0 Å². The van der Waals surface area contributed by atoms with Crippen molar-refractivity contribution in [3.8, 4) is 0 Å². The molecule has 1 aliphatic rings. The van der Waals surface area contributed by atoms with Gasteiger partial charge in [0, 0.05) is 31.4 Å². The number of nitrogens with zero attached hydrogens (tertiary/aromatic N) is 2. The normalized spacial score (nSPS) is 16.1. The summed E-state index contributed by atoms with van der Waals surface area (Å²) in [4.78, 5) is 31.4. The standard InChI is InChI=1S/C26H28N4O3/c1-17-7-5-8-19(13-17)23(21-9-6-12-33-21)30(4)22(31)11-10-18-14-20-16-28-26(2,3)25(32)29-24(20)27-15-18/h5-15,23,28H,16H2,1-4H3,(H,27,29,32)/b11-10+. The van der Waals surface area contributed by atoms with Crippen LogP contribution in [-0.2, 0) is 16.1 Å². The Morgan fingerprint density at radius 2 is 2.06 bits per heavy atom. The van der Waals surface area contributed by atoms with E-state index < -0.39 is 5.54 Å². The van der Waals surface area contributed by atoms with Crippen molar-refractivity contribution >= 4 is 23.7 Å². The molecule has 0 saturated heterocycles. The van der Waals surface area contributed by atoms with Gasteiger partial charge in [0.05, 0.1) is 11.8 Å². The number of anilines is 1. The van der Waals surface area contributed by atoms with Gasteiger partial charge in [-0.25, -0.2) is 4.98 Å². The van der Waals surface area contributed by atoms with Crippen LogP contribution in [0.2, 0.25) is 0 Å². The van der Waals surface area contributed by atoms with Crippen molar-refractivity contribution in [1.29, 1.82) is 0 Å². The number of carbonyl (C=O) groups excluding carboxylic acids is 2. The highest BCUT2D eigenvalue weighted by Crippen LogP contribution is 2.29. The van der Waals surface area contributed by atoms with Crippen molar-refractivity contribution in [1.82, 2.24) is 15.2 Å². The van der Waals surface area contributed by atoms with Gasteiger partial charge in [-0.15, -0.1) is 0 Å². The molecule has 0 aliphatic carbocycles. The van der Waals surface area contributed by atoms with Gasteiger partial charge in [-0.1, -0.05) is 29.8 Å². The fraction of sp³-hybridized carbons (Fsp3) is 0.269. The van der Waals surface area contributed by atoms with Gasteiger partial charge in [0.25, 0.3) is 0 Å². The van der Waals surface area contributed by atoms with E-state index in [2.05, 4.69) is 21.7 Å². The van der Waals surface area contributed by atoms with Gasteiger partial charge in [-0.2, -0.15) is 0 Å². The number of fused-ring (bicyclic) bond motifs is 1. The number of nitrogens with one attached hydrogen (secondary N) is 2. The van der Waals surface area contributed by atoms with Gasteiger partial charge in [-0.05, 0) is 56.2 Å². The van der Waals surface area contributed by atoms with Crippen molar-refractivity contribution in [3.05, 3.63) is 89.0 Å². The third-order valence-corrected chi connectivity index (χ3v) is 5.83. The van der Waals surface area contributed by atoms with Crippen molar-refractivity contribution in [2.45, 2.75) is 38.9 Å². The molecular formula is C26H28N4O3. The Kier molecular flexibility index (Phi) is 6.16. The molecular weight excluding hydrogens is 416 g/mol. The first kappa shape index (κ1) is 22.5. The first-order valence-corrected chi connectivity index (χ1v) is 10.8. The molecule has 2 aromatic heterocycles. The smallest absolute Gasteiger partial charge is 0.247 e. The lowest BCUT2D eigenvalue weighted by molar-refractivity contribution is -0.126. The molecule has 2 amide bonds. The maximum absolute atomic E-state index is 13.1. The molecule has 1 aliphatic heterocycles. The summed E-state index contributed by atoms with van der Waals surface area (Å²) in [6, 6.07) is 13.3. The SMILES string of the molecule is Cc1cccc(C(c2ccco2)N(C)C(=O)/C=C/c2cnc3c(c2)CNC(C)(C)C(=O)N3)c1. The Morgan fingerprint density at radius 3 is 2.79 bits per heavy atom. The molecule has 1 aromatic carbocycles. The van der Waals surface area contributed by atoms with Crippen LogP contribution in [0, 0.1) is 6.92 Å². The number of amides is 2. The van der Waals surface area contributed by atoms with Crippen LogP contribution in [0.5, 0.6) is 0 Å². The third kappa shape index (κ3) is 4.88. The minimum absolute atomic E-state index is 0.131. The minimum Gasteiger partial charge on any atom is -0.467 e. The largest absolute Gasteiger partial charge is 0.467 e. The Morgan fingerprint density at radius 1 is 1.24 bits per heavy atom. The van der Waals surface area contributed by atoms with Crippen LogP contribution in [0.1, 0.15) is 47.9 Å². The van der Waals surface area contributed by atoms with Crippen LogP contribution >= 0.6 is 0 Å². The van der Waals surface area contributed by atoms with Gasteiger partial charge >= 0.3 is 0 Å². The molecule has 2 N–H and O–H groups in total. The summed E-state index contributed by atoms with van der Waals surface area (Å²) in [6.07, 6.45) is 6.52. The molecule has 0 fully saturated rings. The molecule has 170 valence electrons. The van der Waals surface area contributed by atoms with Gasteiger partial charge in [0.2, 0.25) is 11.8 Å². The lowest BCUT2D eigenvalue weighted by Gasteiger charge is -2.26. The predicted molar refractivity (Wildman–Crippen MR) is 127 cm³/mol. The van der Waals surface area contributed by atoms with Crippen LogP contribution < -0.4 is 10.6 Å². The molecule has 7 nitrogen and oxygen atoms in total. The van der Waals surface area contributed by atoms with E-state index >= 15 is 0 Å². The molecule has 3 heterocycles. The molecule has 3 aromatic rings. The van der Waals surface area contributed by atoms with Crippen molar-refractivity contribution in [2.75, 3.05) is 12.4 Å². The highest BCUT2D eigenvalue weighted by Gasteiger charge is 2.31. The van der Waals surface area contributed by atoms with E-state index in [9.17, 15) is 9.59 Å².